The molecule has 1 fully saturated rings. The van der Waals surface area contributed by atoms with E-state index in [0.29, 0.717) is 6.04 Å². The predicted octanol–water partition coefficient (Wildman–Crippen LogP) is 4.68. The highest BCUT2D eigenvalue weighted by atomic mass is 32.1. The fourth-order valence-corrected chi connectivity index (χ4v) is 3.96. The molecule has 1 aromatic carbocycles. The number of rotatable bonds is 8. The number of nitrogens with one attached hydrogen (secondary N) is 1. The molecule has 3 heteroatoms. The summed E-state index contributed by atoms with van der Waals surface area (Å²) in [5, 5.41) is 5.04. The van der Waals surface area contributed by atoms with Crippen molar-refractivity contribution in [2.24, 2.45) is 5.92 Å². The lowest BCUT2D eigenvalue weighted by Crippen LogP contribution is -2.20. The number of aryl methyl sites for hydroxylation is 1. The van der Waals surface area contributed by atoms with Crippen molar-refractivity contribution in [3.63, 3.8) is 0 Å². The molecular weight excluding hydrogens is 278 g/mol. The molecule has 0 aliphatic heterocycles. The summed E-state index contributed by atoms with van der Waals surface area (Å²) in [6.45, 7) is 7.40. The maximum absolute atomic E-state index is 5.68. The van der Waals surface area contributed by atoms with Gasteiger partial charge in [0.2, 0.25) is 0 Å². The maximum atomic E-state index is 5.68. The summed E-state index contributed by atoms with van der Waals surface area (Å²) in [4.78, 5) is 1.47. The van der Waals surface area contributed by atoms with Gasteiger partial charge >= 0.3 is 0 Å². The van der Waals surface area contributed by atoms with Gasteiger partial charge in [-0.2, -0.15) is 0 Å². The molecule has 1 N–H and O–H groups in total. The summed E-state index contributed by atoms with van der Waals surface area (Å²) in [7, 11) is 0. The largest absolute Gasteiger partial charge is 0.381 e. The first kappa shape index (κ1) is 15.0. The van der Waals surface area contributed by atoms with Crippen molar-refractivity contribution in [2.75, 3.05) is 19.8 Å². The van der Waals surface area contributed by atoms with Crippen LogP contribution < -0.4 is 5.32 Å². The van der Waals surface area contributed by atoms with Crippen molar-refractivity contribution in [3.8, 4) is 0 Å². The summed E-state index contributed by atoms with van der Waals surface area (Å²) in [5.74, 6) is 0.873. The molecule has 1 saturated carbocycles. The molecule has 3 rings (SSSR count). The molecule has 1 heterocycles. The Labute approximate surface area is 131 Å². The number of ether oxygens (including phenoxy) is 1. The van der Waals surface area contributed by atoms with Crippen LogP contribution in [0.4, 0.5) is 0 Å². The fourth-order valence-electron chi connectivity index (χ4n) is 2.73. The molecule has 1 atom stereocenters. The molecule has 0 saturated heterocycles. The predicted molar refractivity (Wildman–Crippen MR) is 91.1 cm³/mol. The lowest BCUT2D eigenvalue weighted by atomic mass is 10.1. The standard InChI is InChI=1S/C18H25NOS/c1-13-16-6-3-4-7-17(16)21-18(13)14(2)19-10-5-11-20-12-15-8-9-15/h3-4,6-7,14-15,19H,5,8-12H2,1-2H3. The Morgan fingerprint density at radius 2 is 2.14 bits per heavy atom. The Morgan fingerprint density at radius 3 is 2.90 bits per heavy atom. The first-order chi connectivity index (χ1) is 10.3. The summed E-state index contributed by atoms with van der Waals surface area (Å²) < 4.78 is 7.07. The van der Waals surface area contributed by atoms with Gasteiger partial charge in [0.1, 0.15) is 0 Å². The minimum Gasteiger partial charge on any atom is -0.381 e. The molecule has 0 amide bonds. The third-order valence-electron chi connectivity index (χ3n) is 4.24. The lowest BCUT2D eigenvalue weighted by Gasteiger charge is -2.13. The first-order valence-electron chi connectivity index (χ1n) is 8.05. The van der Waals surface area contributed by atoms with Gasteiger partial charge in [0.25, 0.3) is 0 Å². The zero-order valence-electron chi connectivity index (χ0n) is 13.0. The van der Waals surface area contributed by atoms with Crippen LogP contribution in [0.2, 0.25) is 0 Å². The zero-order chi connectivity index (χ0) is 14.7. The van der Waals surface area contributed by atoms with E-state index in [1.54, 1.807) is 0 Å². The molecule has 1 aliphatic carbocycles. The van der Waals surface area contributed by atoms with Gasteiger partial charge < -0.3 is 10.1 Å². The van der Waals surface area contributed by atoms with Gasteiger partial charge in [0.05, 0.1) is 0 Å². The van der Waals surface area contributed by atoms with Crippen LogP contribution in [0.1, 0.15) is 42.7 Å². The molecule has 0 bridgehead atoms. The molecular formula is C18H25NOS. The van der Waals surface area contributed by atoms with Crippen molar-refractivity contribution >= 4 is 21.4 Å². The first-order valence-corrected chi connectivity index (χ1v) is 8.86. The minimum absolute atomic E-state index is 0.422. The molecule has 21 heavy (non-hydrogen) atoms. The van der Waals surface area contributed by atoms with Gasteiger partial charge in [-0.05, 0) is 62.6 Å². The van der Waals surface area contributed by atoms with Crippen LogP contribution in [0.5, 0.6) is 0 Å². The van der Waals surface area contributed by atoms with Crippen LogP contribution in [0.3, 0.4) is 0 Å². The number of hydrogen-bond acceptors (Lipinski definition) is 3. The second-order valence-electron chi connectivity index (χ2n) is 6.14. The van der Waals surface area contributed by atoms with E-state index in [2.05, 4.69) is 43.4 Å². The average molecular weight is 303 g/mol. The van der Waals surface area contributed by atoms with Gasteiger partial charge in [0.15, 0.2) is 0 Å². The Kier molecular flexibility index (Phi) is 4.94. The Bertz CT molecular complexity index is 588. The van der Waals surface area contributed by atoms with Gasteiger partial charge in [0, 0.05) is 28.8 Å². The maximum Gasteiger partial charge on any atom is 0.0494 e. The van der Waals surface area contributed by atoms with E-state index in [9.17, 15) is 0 Å². The number of fused-ring (bicyclic) bond motifs is 1. The highest BCUT2D eigenvalue weighted by Crippen LogP contribution is 2.34. The Morgan fingerprint density at radius 1 is 1.33 bits per heavy atom. The second kappa shape index (κ2) is 6.91. The van der Waals surface area contributed by atoms with Crippen molar-refractivity contribution in [1.82, 2.24) is 5.32 Å². The lowest BCUT2D eigenvalue weighted by molar-refractivity contribution is 0.121. The summed E-state index contributed by atoms with van der Waals surface area (Å²) in [5.41, 5.74) is 1.43. The molecule has 1 aliphatic rings. The number of thiophene rings is 1. The molecule has 0 spiro atoms. The SMILES string of the molecule is Cc1c(C(C)NCCCOCC2CC2)sc2ccccc12. The van der Waals surface area contributed by atoms with Gasteiger partial charge in [-0.15, -0.1) is 11.3 Å². The van der Waals surface area contributed by atoms with E-state index in [1.807, 2.05) is 11.3 Å². The quantitative estimate of drug-likeness (QED) is 0.715. The molecule has 2 aromatic rings. The second-order valence-corrected chi connectivity index (χ2v) is 7.22. The van der Waals surface area contributed by atoms with Crippen LogP contribution in [0.25, 0.3) is 10.1 Å². The van der Waals surface area contributed by atoms with E-state index in [-0.39, 0.29) is 0 Å². The van der Waals surface area contributed by atoms with E-state index in [4.69, 9.17) is 4.74 Å². The highest BCUT2D eigenvalue weighted by Gasteiger charge is 2.20. The van der Waals surface area contributed by atoms with Crippen LogP contribution in [-0.4, -0.2) is 19.8 Å². The molecule has 2 nitrogen and oxygen atoms in total. The smallest absolute Gasteiger partial charge is 0.0494 e. The average Bonchev–Trinajstić information content (AvgIpc) is 3.26. The van der Waals surface area contributed by atoms with Crippen molar-refractivity contribution < 1.29 is 4.74 Å². The summed E-state index contributed by atoms with van der Waals surface area (Å²) >= 11 is 1.92. The third kappa shape index (κ3) is 3.85. The monoisotopic (exact) mass is 303 g/mol. The van der Waals surface area contributed by atoms with Crippen molar-refractivity contribution in [1.29, 1.82) is 0 Å². The topological polar surface area (TPSA) is 21.3 Å². The van der Waals surface area contributed by atoms with Crippen molar-refractivity contribution in [2.45, 2.75) is 39.2 Å². The van der Waals surface area contributed by atoms with E-state index in [0.717, 1.165) is 32.1 Å². The minimum atomic E-state index is 0.422. The van der Waals surface area contributed by atoms with Crippen LogP contribution in [0.15, 0.2) is 24.3 Å². The number of benzene rings is 1. The van der Waals surface area contributed by atoms with E-state index < -0.39 is 0 Å². The zero-order valence-corrected chi connectivity index (χ0v) is 13.8. The van der Waals surface area contributed by atoms with Crippen LogP contribution in [0, 0.1) is 12.8 Å². The number of hydrogen-bond donors (Lipinski definition) is 1. The molecule has 1 unspecified atom stereocenters. The van der Waals surface area contributed by atoms with E-state index >= 15 is 0 Å². The Balaban J connectivity index is 1.47. The fraction of sp³-hybridized carbons (Fsp3) is 0.556. The van der Waals surface area contributed by atoms with Gasteiger partial charge in [-0.1, -0.05) is 18.2 Å². The summed E-state index contributed by atoms with van der Waals surface area (Å²) in [6.07, 6.45) is 3.85. The van der Waals surface area contributed by atoms with Crippen molar-refractivity contribution in [3.05, 3.63) is 34.7 Å². The van der Waals surface area contributed by atoms with E-state index in [1.165, 1.54) is 33.4 Å². The Hall–Kier alpha value is -0.900. The van der Waals surface area contributed by atoms with Gasteiger partial charge in [-0.25, -0.2) is 0 Å². The molecule has 1 aromatic heterocycles. The highest BCUT2D eigenvalue weighted by molar-refractivity contribution is 7.19. The van der Waals surface area contributed by atoms with Crippen LogP contribution >= 0.6 is 11.3 Å². The van der Waals surface area contributed by atoms with Gasteiger partial charge in [-0.3, -0.25) is 0 Å². The third-order valence-corrected chi connectivity index (χ3v) is 5.70. The molecule has 114 valence electrons. The normalized spacial score (nSPS) is 16.5. The molecule has 0 radical (unpaired) electrons. The van der Waals surface area contributed by atoms with Crippen LogP contribution in [-0.2, 0) is 4.74 Å². The summed E-state index contributed by atoms with van der Waals surface area (Å²) in [6, 6.07) is 9.11.